The third-order valence-corrected chi connectivity index (χ3v) is 1.76. The number of thioether (sulfide) groups is 1. The van der Waals surface area contributed by atoms with Crippen molar-refractivity contribution in [2.45, 2.75) is 12.5 Å². The average molecular weight is 325 g/mol. The summed E-state index contributed by atoms with van der Waals surface area (Å²) in [6.45, 7) is 0. The Labute approximate surface area is 97.7 Å². The lowest BCUT2D eigenvalue weighted by molar-refractivity contribution is -0.122. The van der Waals surface area contributed by atoms with Gasteiger partial charge in [-0.1, -0.05) is 0 Å². The first-order valence-corrected chi connectivity index (χ1v) is 4.36. The summed E-state index contributed by atoms with van der Waals surface area (Å²) in [5.74, 6) is 5.44. The summed E-state index contributed by atoms with van der Waals surface area (Å²) in [6, 6.07) is -0.461. The molecule has 0 heterocycles. The first-order valence-electron chi connectivity index (χ1n) is 2.97. The molecule has 0 radical (unpaired) electrons. The van der Waals surface area contributed by atoms with Crippen LogP contribution in [0.5, 0.6) is 0 Å². The Morgan fingerprint density at radius 1 is 1.58 bits per heavy atom. The summed E-state index contributed by atoms with van der Waals surface area (Å²) in [5, 5.41) is 0. The number of amides is 1. The Morgan fingerprint density at radius 2 is 2.08 bits per heavy atom. The van der Waals surface area contributed by atoms with Crippen LogP contribution in [0.1, 0.15) is 6.42 Å². The van der Waals surface area contributed by atoms with Gasteiger partial charge in [-0.05, 0) is 18.4 Å². The highest BCUT2D eigenvalue weighted by molar-refractivity contribution is 8.93. The number of hydrogen-bond acceptors (Lipinski definition) is 4. The number of halogens is 2. The lowest BCUT2D eigenvalue weighted by Gasteiger charge is -2.07. The highest BCUT2D eigenvalue weighted by Crippen LogP contribution is 1.97. The molecule has 0 saturated heterocycles. The molecule has 0 aromatic rings. The highest BCUT2D eigenvalue weighted by atomic mass is 79.9. The van der Waals surface area contributed by atoms with Crippen molar-refractivity contribution in [1.82, 2.24) is 5.43 Å². The minimum Gasteiger partial charge on any atom is -0.320 e. The number of hydrogen-bond donors (Lipinski definition) is 3. The molecule has 0 spiro atoms. The van der Waals surface area contributed by atoms with Crippen LogP contribution in [-0.4, -0.2) is 24.0 Å². The Kier molecular flexibility index (Phi) is 18.0. The quantitative estimate of drug-likeness (QED) is 0.392. The van der Waals surface area contributed by atoms with Gasteiger partial charge >= 0.3 is 0 Å². The first-order chi connectivity index (χ1) is 4.72. The van der Waals surface area contributed by atoms with Crippen LogP contribution in [0.3, 0.4) is 0 Å². The summed E-state index contributed by atoms with van der Waals surface area (Å²) >= 11 is 1.66. The van der Waals surface area contributed by atoms with E-state index >= 15 is 0 Å². The maximum Gasteiger partial charge on any atom is 0.250 e. The van der Waals surface area contributed by atoms with Crippen LogP contribution in [-0.2, 0) is 4.79 Å². The molecule has 4 nitrogen and oxygen atoms in total. The van der Waals surface area contributed by atoms with Crippen molar-refractivity contribution in [1.29, 1.82) is 0 Å². The van der Waals surface area contributed by atoms with E-state index < -0.39 is 6.04 Å². The second-order valence-electron chi connectivity index (χ2n) is 1.90. The second-order valence-corrected chi connectivity index (χ2v) is 2.88. The van der Waals surface area contributed by atoms with E-state index in [1.165, 1.54) is 0 Å². The zero-order valence-electron chi connectivity index (χ0n) is 6.78. The number of carbonyl (C=O) groups excluding carboxylic acids is 1. The Morgan fingerprint density at radius 3 is 2.42 bits per heavy atom. The summed E-state index contributed by atoms with van der Waals surface area (Å²) in [5.41, 5.74) is 7.41. The van der Waals surface area contributed by atoms with Gasteiger partial charge in [-0.2, -0.15) is 11.8 Å². The summed E-state index contributed by atoms with van der Waals surface area (Å²) in [6.07, 6.45) is 2.64. The molecule has 0 bridgehead atoms. The van der Waals surface area contributed by atoms with E-state index in [4.69, 9.17) is 11.6 Å². The van der Waals surface area contributed by atoms with Crippen LogP contribution in [0.2, 0.25) is 0 Å². The molecule has 0 fully saturated rings. The second kappa shape index (κ2) is 11.7. The van der Waals surface area contributed by atoms with Crippen molar-refractivity contribution in [3.63, 3.8) is 0 Å². The molecule has 7 heteroatoms. The van der Waals surface area contributed by atoms with Gasteiger partial charge in [0.25, 0.3) is 5.91 Å². The van der Waals surface area contributed by atoms with Crippen LogP contribution in [0.15, 0.2) is 0 Å². The number of nitrogens with one attached hydrogen (secondary N) is 1. The molecule has 76 valence electrons. The van der Waals surface area contributed by atoms with Gasteiger partial charge in [-0.15, -0.1) is 34.0 Å². The van der Waals surface area contributed by atoms with Gasteiger partial charge in [-0.3, -0.25) is 10.2 Å². The van der Waals surface area contributed by atoms with Crippen molar-refractivity contribution in [3.8, 4) is 0 Å². The molecule has 5 N–H and O–H groups in total. The van der Waals surface area contributed by atoms with E-state index in [2.05, 4.69) is 0 Å². The predicted octanol–water partition coefficient (Wildman–Crippen LogP) is 0.212. The maximum absolute atomic E-state index is 10.6. The van der Waals surface area contributed by atoms with E-state index in [1.54, 1.807) is 11.8 Å². The topological polar surface area (TPSA) is 81.1 Å². The fraction of sp³-hybridized carbons (Fsp3) is 0.800. The van der Waals surface area contributed by atoms with Crippen molar-refractivity contribution in [2.75, 3.05) is 12.0 Å². The molecular formula is C5H15Br2N3OS. The van der Waals surface area contributed by atoms with E-state index in [1.807, 2.05) is 11.7 Å². The SMILES string of the molecule is Br.Br.CSCC[C@H](N)C(=O)NN. The number of carbonyl (C=O) groups is 1. The van der Waals surface area contributed by atoms with Gasteiger partial charge in [0.1, 0.15) is 0 Å². The van der Waals surface area contributed by atoms with E-state index in [-0.39, 0.29) is 39.9 Å². The largest absolute Gasteiger partial charge is 0.320 e. The smallest absolute Gasteiger partial charge is 0.250 e. The number of rotatable bonds is 4. The van der Waals surface area contributed by atoms with Crippen molar-refractivity contribution < 1.29 is 4.79 Å². The van der Waals surface area contributed by atoms with Crippen molar-refractivity contribution >= 4 is 51.6 Å². The zero-order valence-corrected chi connectivity index (χ0v) is 11.0. The van der Waals surface area contributed by atoms with Gasteiger partial charge < -0.3 is 5.73 Å². The van der Waals surface area contributed by atoms with Crippen LogP contribution >= 0.6 is 45.7 Å². The molecular weight excluding hydrogens is 310 g/mol. The van der Waals surface area contributed by atoms with Crippen LogP contribution in [0.25, 0.3) is 0 Å². The zero-order chi connectivity index (χ0) is 7.98. The van der Waals surface area contributed by atoms with Gasteiger partial charge in [0.05, 0.1) is 6.04 Å². The van der Waals surface area contributed by atoms with E-state index in [0.717, 1.165) is 5.75 Å². The first kappa shape index (κ1) is 18.5. The monoisotopic (exact) mass is 323 g/mol. The Balaban J connectivity index is -0.000000405. The summed E-state index contributed by atoms with van der Waals surface area (Å²) in [7, 11) is 0. The van der Waals surface area contributed by atoms with Crippen molar-refractivity contribution in [2.24, 2.45) is 11.6 Å². The third kappa shape index (κ3) is 8.79. The fourth-order valence-electron chi connectivity index (χ4n) is 0.483. The Hall–Kier alpha value is 0.700. The van der Waals surface area contributed by atoms with Crippen LogP contribution in [0.4, 0.5) is 0 Å². The van der Waals surface area contributed by atoms with Crippen molar-refractivity contribution in [3.05, 3.63) is 0 Å². The standard InChI is InChI=1S/C5H13N3OS.2BrH/c1-10-3-2-4(6)5(9)8-7;;/h4H,2-3,6-7H2,1H3,(H,8,9);2*1H/t4-;;/m0../s1. The molecule has 1 amide bonds. The number of hydrazine groups is 1. The normalized spacial score (nSPS) is 10.6. The molecule has 0 rings (SSSR count). The average Bonchev–Trinajstić information content (AvgIpc) is 1.98. The molecule has 12 heavy (non-hydrogen) atoms. The molecule has 1 atom stereocenters. The van der Waals surface area contributed by atoms with Crippen LogP contribution < -0.4 is 17.0 Å². The maximum atomic E-state index is 10.6. The third-order valence-electron chi connectivity index (χ3n) is 1.11. The fourth-order valence-corrected chi connectivity index (χ4v) is 0.973. The summed E-state index contributed by atoms with van der Waals surface area (Å²) < 4.78 is 0. The van der Waals surface area contributed by atoms with Gasteiger partial charge in [0.2, 0.25) is 0 Å². The Bertz CT molecular complexity index is 117. The lowest BCUT2D eigenvalue weighted by atomic mass is 10.2. The molecule has 0 aliphatic rings. The minimum absolute atomic E-state index is 0. The number of nitrogens with two attached hydrogens (primary N) is 2. The van der Waals surface area contributed by atoms with Gasteiger partial charge in [0.15, 0.2) is 0 Å². The molecule has 0 saturated carbocycles. The molecule has 0 aliphatic heterocycles. The molecule has 0 aliphatic carbocycles. The molecule has 0 unspecified atom stereocenters. The summed E-state index contributed by atoms with van der Waals surface area (Å²) in [4.78, 5) is 10.6. The van der Waals surface area contributed by atoms with Gasteiger partial charge in [0, 0.05) is 0 Å². The highest BCUT2D eigenvalue weighted by Gasteiger charge is 2.09. The predicted molar refractivity (Wildman–Crippen MR) is 63.9 cm³/mol. The van der Waals surface area contributed by atoms with Crippen LogP contribution in [0, 0.1) is 0 Å². The molecule has 0 aromatic carbocycles. The van der Waals surface area contributed by atoms with E-state index in [9.17, 15) is 4.79 Å². The van der Waals surface area contributed by atoms with Gasteiger partial charge in [-0.25, -0.2) is 5.84 Å². The molecule has 0 aromatic heterocycles. The minimum atomic E-state index is -0.461. The van der Waals surface area contributed by atoms with E-state index in [0.29, 0.717) is 6.42 Å². The lowest BCUT2D eigenvalue weighted by Crippen LogP contribution is -2.44.